The van der Waals surface area contributed by atoms with Gasteiger partial charge in [0.05, 0.1) is 17.6 Å². The summed E-state index contributed by atoms with van der Waals surface area (Å²) < 4.78 is 33.7. The second-order valence-electron chi connectivity index (χ2n) is 9.00. The Balaban J connectivity index is 1.47. The first-order valence-corrected chi connectivity index (χ1v) is 13.1. The molecular weight excluding hydrogens is 438 g/mol. The molecule has 2 fully saturated rings. The van der Waals surface area contributed by atoms with Gasteiger partial charge in [0, 0.05) is 45.8 Å². The van der Waals surface area contributed by atoms with Crippen LogP contribution in [0, 0.1) is 5.92 Å². The molecule has 0 aliphatic carbocycles. The van der Waals surface area contributed by atoms with E-state index in [9.17, 15) is 13.2 Å². The van der Waals surface area contributed by atoms with Crippen LogP contribution < -0.4 is 4.74 Å². The summed E-state index contributed by atoms with van der Waals surface area (Å²) in [4.78, 5) is 17.4. The Morgan fingerprint density at radius 3 is 2.27 bits per heavy atom. The van der Waals surface area contributed by atoms with Gasteiger partial charge in [0.15, 0.2) is 0 Å². The average molecular weight is 472 g/mol. The number of hydrogen-bond donors (Lipinski definition) is 0. The smallest absolute Gasteiger partial charge is 0.257 e. The van der Waals surface area contributed by atoms with Crippen molar-refractivity contribution >= 4 is 15.9 Å². The summed E-state index contributed by atoms with van der Waals surface area (Å²) in [7, 11) is -2.19. The summed E-state index contributed by atoms with van der Waals surface area (Å²) in [5.74, 6) is 0.844. The normalized spacial score (nSPS) is 18.9. The van der Waals surface area contributed by atoms with Crippen molar-refractivity contribution in [1.29, 1.82) is 0 Å². The van der Waals surface area contributed by atoms with Crippen LogP contribution in [-0.4, -0.2) is 74.8 Å². The molecule has 0 spiro atoms. The van der Waals surface area contributed by atoms with Crippen LogP contribution >= 0.6 is 0 Å². The minimum atomic E-state index is -3.70. The third-order valence-electron chi connectivity index (χ3n) is 6.69. The Labute approximate surface area is 197 Å². The van der Waals surface area contributed by atoms with Gasteiger partial charge < -0.3 is 9.64 Å². The fraction of sp³-hybridized carbons (Fsp3) is 0.480. The van der Waals surface area contributed by atoms with Gasteiger partial charge in [-0.3, -0.25) is 9.69 Å². The van der Waals surface area contributed by atoms with Crippen molar-refractivity contribution in [3.63, 3.8) is 0 Å². The molecule has 8 heteroatoms. The predicted molar refractivity (Wildman–Crippen MR) is 128 cm³/mol. The van der Waals surface area contributed by atoms with Crippen LogP contribution in [0.5, 0.6) is 5.75 Å². The maximum atomic E-state index is 13.4. The van der Waals surface area contributed by atoms with E-state index in [4.69, 9.17) is 4.74 Å². The van der Waals surface area contributed by atoms with Gasteiger partial charge in [0.25, 0.3) is 5.91 Å². The monoisotopic (exact) mass is 471 g/mol. The summed E-state index contributed by atoms with van der Waals surface area (Å²) in [5, 5.41) is 0. The third kappa shape index (κ3) is 5.39. The molecule has 2 aliphatic rings. The molecule has 33 heavy (non-hydrogen) atoms. The van der Waals surface area contributed by atoms with E-state index >= 15 is 0 Å². The largest absolute Gasteiger partial charge is 0.496 e. The van der Waals surface area contributed by atoms with E-state index in [0.717, 1.165) is 19.4 Å². The number of methoxy groups -OCH3 is 1. The zero-order valence-electron chi connectivity index (χ0n) is 19.4. The minimum absolute atomic E-state index is 0.147. The topological polar surface area (TPSA) is 70.2 Å². The Morgan fingerprint density at radius 2 is 1.64 bits per heavy atom. The van der Waals surface area contributed by atoms with Crippen molar-refractivity contribution in [3.05, 3.63) is 59.7 Å². The lowest BCUT2D eigenvalue weighted by molar-refractivity contribution is 0.0693. The van der Waals surface area contributed by atoms with E-state index in [1.807, 2.05) is 18.2 Å². The molecule has 2 aliphatic heterocycles. The molecule has 0 aromatic heterocycles. The molecule has 2 aromatic rings. The molecule has 2 aromatic carbocycles. The summed E-state index contributed by atoms with van der Waals surface area (Å²) >= 11 is 0. The van der Waals surface area contributed by atoms with Crippen molar-refractivity contribution < 1.29 is 17.9 Å². The van der Waals surface area contributed by atoms with Gasteiger partial charge in [-0.15, -0.1) is 0 Å². The lowest BCUT2D eigenvalue weighted by atomic mass is 9.98. The van der Waals surface area contributed by atoms with Crippen molar-refractivity contribution in [1.82, 2.24) is 14.1 Å². The Hall–Kier alpha value is -2.42. The lowest BCUT2D eigenvalue weighted by Gasteiger charge is -2.34. The fourth-order valence-corrected chi connectivity index (χ4v) is 5.96. The zero-order chi connectivity index (χ0) is 23.4. The molecule has 0 bridgehead atoms. The summed E-state index contributed by atoms with van der Waals surface area (Å²) in [6.45, 7) is 6.56. The Kier molecular flexibility index (Phi) is 7.36. The molecule has 2 heterocycles. The molecule has 4 rings (SSSR count). The van der Waals surface area contributed by atoms with Gasteiger partial charge in [-0.25, -0.2) is 8.42 Å². The molecule has 2 saturated heterocycles. The van der Waals surface area contributed by atoms with Gasteiger partial charge in [0.2, 0.25) is 10.0 Å². The van der Waals surface area contributed by atoms with Crippen LogP contribution in [0.1, 0.15) is 35.7 Å². The fourth-order valence-electron chi connectivity index (χ4n) is 4.52. The van der Waals surface area contributed by atoms with Crippen LogP contribution in [-0.2, 0) is 16.6 Å². The van der Waals surface area contributed by atoms with Crippen LogP contribution in [0.3, 0.4) is 0 Å². The van der Waals surface area contributed by atoms with Gasteiger partial charge in [-0.05, 0) is 42.5 Å². The standard InChI is InChI=1S/C25H33N3O4S/c1-20-10-12-27(13-11-20)25(29)23-18-22(8-9-24(23)32-2)33(30,31)28-16-14-26(15-17-28)19-21-6-4-3-5-7-21/h3-9,18,20H,10-17,19H2,1-2H3. The molecule has 0 atom stereocenters. The summed E-state index contributed by atoms with van der Waals surface area (Å²) in [6.07, 6.45) is 1.92. The van der Waals surface area contributed by atoms with Crippen LogP contribution in [0.2, 0.25) is 0 Å². The zero-order valence-corrected chi connectivity index (χ0v) is 20.3. The number of hydrogen-bond acceptors (Lipinski definition) is 5. The number of piperazine rings is 1. The second-order valence-corrected chi connectivity index (χ2v) is 10.9. The van der Waals surface area contributed by atoms with Crippen LogP contribution in [0.15, 0.2) is 53.4 Å². The summed E-state index contributed by atoms with van der Waals surface area (Å²) in [5.41, 5.74) is 1.54. The van der Waals surface area contributed by atoms with E-state index < -0.39 is 10.0 Å². The lowest BCUT2D eigenvalue weighted by Crippen LogP contribution is -2.48. The van der Waals surface area contributed by atoms with Crippen LogP contribution in [0.25, 0.3) is 0 Å². The van der Waals surface area contributed by atoms with Gasteiger partial charge >= 0.3 is 0 Å². The number of benzene rings is 2. The average Bonchev–Trinajstić information content (AvgIpc) is 2.84. The highest BCUT2D eigenvalue weighted by atomic mass is 32.2. The van der Waals surface area contributed by atoms with Crippen molar-refractivity contribution in [2.24, 2.45) is 5.92 Å². The van der Waals surface area contributed by atoms with Gasteiger partial charge in [-0.1, -0.05) is 37.3 Å². The van der Waals surface area contributed by atoms with E-state index in [1.165, 1.54) is 23.0 Å². The van der Waals surface area contributed by atoms with Gasteiger partial charge in [-0.2, -0.15) is 4.31 Å². The predicted octanol–water partition coefficient (Wildman–Crippen LogP) is 3.07. The first-order valence-electron chi connectivity index (χ1n) is 11.6. The number of carbonyl (C=O) groups excluding carboxylic acids is 1. The number of sulfonamides is 1. The first-order chi connectivity index (χ1) is 15.9. The first kappa shape index (κ1) is 23.7. The number of amides is 1. The van der Waals surface area contributed by atoms with E-state index in [2.05, 4.69) is 24.0 Å². The quantitative estimate of drug-likeness (QED) is 0.648. The molecule has 0 saturated carbocycles. The highest BCUT2D eigenvalue weighted by Gasteiger charge is 2.31. The molecule has 7 nitrogen and oxygen atoms in total. The molecular formula is C25H33N3O4S. The van der Waals surface area contributed by atoms with Crippen molar-refractivity contribution in [2.75, 3.05) is 46.4 Å². The molecule has 178 valence electrons. The van der Waals surface area contributed by atoms with Gasteiger partial charge in [0.1, 0.15) is 5.75 Å². The highest BCUT2D eigenvalue weighted by molar-refractivity contribution is 7.89. The number of rotatable bonds is 6. The number of nitrogens with zero attached hydrogens (tertiary/aromatic N) is 3. The number of ether oxygens (including phenoxy) is 1. The maximum Gasteiger partial charge on any atom is 0.257 e. The SMILES string of the molecule is COc1ccc(S(=O)(=O)N2CCN(Cc3ccccc3)CC2)cc1C(=O)N1CCC(C)CC1. The van der Waals surface area contributed by atoms with Crippen molar-refractivity contribution in [2.45, 2.75) is 31.2 Å². The van der Waals surface area contributed by atoms with Crippen molar-refractivity contribution in [3.8, 4) is 5.75 Å². The van der Waals surface area contributed by atoms with E-state index in [0.29, 0.717) is 56.5 Å². The maximum absolute atomic E-state index is 13.4. The summed E-state index contributed by atoms with van der Waals surface area (Å²) in [6, 6.07) is 14.8. The minimum Gasteiger partial charge on any atom is -0.496 e. The molecule has 0 radical (unpaired) electrons. The number of likely N-dealkylation sites (tertiary alicyclic amines) is 1. The third-order valence-corrected chi connectivity index (χ3v) is 8.58. The second kappa shape index (κ2) is 10.2. The molecule has 0 unspecified atom stereocenters. The van der Waals surface area contributed by atoms with E-state index in [-0.39, 0.29) is 10.8 Å². The molecule has 0 N–H and O–H groups in total. The number of carbonyl (C=O) groups is 1. The number of piperidine rings is 1. The van der Waals surface area contributed by atoms with Crippen LogP contribution in [0.4, 0.5) is 0 Å². The van der Waals surface area contributed by atoms with E-state index in [1.54, 1.807) is 17.0 Å². The Bertz CT molecular complexity index is 1060. The highest BCUT2D eigenvalue weighted by Crippen LogP contribution is 2.28. The Morgan fingerprint density at radius 1 is 0.970 bits per heavy atom. The molecule has 1 amide bonds.